The monoisotopic (exact) mass is 274 g/mol. The average molecular weight is 274 g/mol. The Morgan fingerprint density at radius 2 is 2.30 bits per heavy atom. The molecule has 2 atom stereocenters. The van der Waals surface area contributed by atoms with E-state index in [2.05, 4.69) is 10.3 Å². The Hall–Kier alpha value is -2.20. The van der Waals surface area contributed by atoms with Crippen LogP contribution in [0.4, 0.5) is 11.5 Å². The third-order valence-corrected chi connectivity index (χ3v) is 3.77. The molecular weight excluding hydrogens is 260 g/mol. The Morgan fingerprint density at radius 3 is 2.95 bits per heavy atom. The molecule has 20 heavy (non-hydrogen) atoms. The molecule has 0 radical (unpaired) electrons. The summed E-state index contributed by atoms with van der Waals surface area (Å²) in [6.45, 7) is 0.657. The summed E-state index contributed by atoms with van der Waals surface area (Å²) in [5.41, 5.74) is -0.231. The molecule has 1 N–H and O–H groups in total. The lowest BCUT2D eigenvalue weighted by Gasteiger charge is -2.19. The summed E-state index contributed by atoms with van der Waals surface area (Å²) < 4.78 is 5.69. The van der Waals surface area contributed by atoms with Crippen LogP contribution in [0.5, 0.6) is 0 Å². The van der Waals surface area contributed by atoms with E-state index in [1.165, 1.54) is 12.3 Å². The number of nitriles is 1. The lowest BCUT2D eigenvalue weighted by molar-refractivity contribution is -0.384. The van der Waals surface area contributed by atoms with E-state index in [1.54, 1.807) is 0 Å². The van der Waals surface area contributed by atoms with Crippen molar-refractivity contribution in [2.24, 2.45) is 5.92 Å². The first-order valence-electron chi connectivity index (χ1n) is 6.62. The molecule has 1 saturated heterocycles. The molecule has 7 nitrogen and oxygen atoms in total. The van der Waals surface area contributed by atoms with E-state index < -0.39 is 4.92 Å². The van der Waals surface area contributed by atoms with Gasteiger partial charge in [0.05, 0.1) is 17.1 Å². The summed E-state index contributed by atoms with van der Waals surface area (Å²) in [5.74, 6) is 0.711. The van der Waals surface area contributed by atoms with Crippen LogP contribution in [0.3, 0.4) is 0 Å². The minimum absolute atomic E-state index is 0.0226. The molecule has 3 rings (SSSR count). The molecule has 2 unspecified atom stereocenters. The van der Waals surface area contributed by atoms with Crippen molar-refractivity contribution in [2.75, 3.05) is 11.9 Å². The van der Waals surface area contributed by atoms with Gasteiger partial charge in [-0.25, -0.2) is 4.98 Å². The number of hydrogen-bond donors (Lipinski definition) is 1. The fraction of sp³-hybridized carbons (Fsp3) is 0.538. The van der Waals surface area contributed by atoms with Gasteiger partial charge in [0.1, 0.15) is 11.6 Å². The van der Waals surface area contributed by atoms with Gasteiger partial charge < -0.3 is 10.1 Å². The second-order valence-electron chi connectivity index (χ2n) is 5.14. The first kappa shape index (κ1) is 12.8. The van der Waals surface area contributed by atoms with Gasteiger partial charge in [-0.05, 0) is 31.2 Å². The van der Waals surface area contributed by atoms with Crippen LogP contribution < -0.4 is 5.32 Å². The molecule has 2 heterocycles. The van der Waals surface area contributed by atoms with E-state index in [0.717, 1.165) is 19.3 Å². The second-order valence-corrected chi connectivity index (χ2v) is 5.14. The van der Waals surface area contributed by atoms with E-state index in [4.69, 9.17) is 10.00 Å². The van der Waals surface area contributed by atoms with Gasteiger partial charge >= 0.3 is 5.69 Å². The molecule has 0 amide bonds. The van der Waals surface area contributed by atoms with Crippen LogP contribution in [0.15, 0.2) is 12.3 Å². The fourth-order valence-corrected chi connectivity index (χ4v) is 2.67. The minimum atomic E-state index is -0.560. The van der Waals surface area contributed by atoms with Crippen LogP contribution in [0, 0.1) is 27.4 Å². The maximum Gasteiger partial charge on any atom is 0.328 e. The van der Waals surface area contributed by atoms with E-state index in [-0.39, 0.29) is 29.2 Å². The quantitative estimate of drug-likeness (QED) is 0.664. The molecule has 2 aliphatic rings. The summed E-state index contributed by atoms with van der Waals surface area (Å²) in [6, 6.07) is 3.22. The molecule has 104 valence electrons. The number of ether oxygens (including phenoxy) is 1. The van der Waals surface area contributed by atoms with Crippen LogP contribution in [-0.4, -0.2) is 28.7 Å². The first-order chi connectivity index (χ1) is 9.70. The van der Waals surface area contributed by atoms with Gasteiger partial charge in [0, 0.05) is 12.8 Å². The number of nitrogens with zero attached hydrogens (tertiary/aromatic N) is 3. The number of nitro groups is 1. The molecule has 0 aromatic carbocycles. The lowest BCUT2D eigenvalue weighted by atomic mass is 10.1. The van der Waals surface area contributed by atoms with Crippen LogP contribution in [0.2, 0.25) is 0 Å². The maximum absolute atomic E-state index is 11.1. The minimum Gasteiger partial charge on any atom is -0.376 e. The van der Waals surface area contributed by atoms with Crippen LogP contribution >= 0.6 is 0 Å². The standard InChI is InChI=1S/C13H14N4O3/c14-7-9-3-5-15-13(11(9)17(18)19)16-10-4-6-20-12(10)8-1-2-8/h3,5,8,10,12H,1-2,4,6H2,(H,15,16). The van der Waals surface area contributed by atoms with Crippen LogP contribution in [0.25, 0.3) is 0 Å². The molecule has 2 fully saturated rings. The molecular formula is C13H14N4O3. The van der Waals surface area contributed by atoms with E-state index in [0.29, 0.717) is 12.5 Å². The number of pyridine rings is 1. The van der Waals surface area contributed by atoms with Gasteiger partial charge in [-0.2, -0.15) is 5.26 Å². The van der Waals surface area contributed by atoms with Crippen LogP contribution in [0.1, 0.15) is 24.8 Å². The van der Waals surface area contributed by atoms with E-state index in [9.17, 15) is 10.1 Å². The number of anilines is 1. The van der Waals surface area contributed by atoms with Gasteiger partial charge in [-0.1, -0.05) is 0 Å². The van der Waals surface area contributed by atoms with Gasteiger partial charge in [0.2, 0.25) is 5.82 Å². The Kier molecular flexibility index (Phi) is 3.24. The molecule has 1 aliphatic carbocycles. The number of nitrogens with one attached hydrogen (secondary N) is 1. The maximum atomic E-state index is 11.1. The number of hydrogen-bond acceptors (Lipinski definition) is 6. The molecule has 7 heteroatoms. The fourth-order valence-electron chi connectivity index (χ4n) is 2.67. The van der Waals surface area contributed by atoms with Crippen molar-refractivity contribution in [2.45, 2.75) is 31.4 Å². The first-order valence-corrected chi connectivity index (χ1v) is 6.62. The Labute approximate surface area is 115 Å². The normalized spacial score (nSPS) is 25.1. The third kappa shape index (κ3) is 2.30. The third-order valence-electron chi connectivity index (χ3n) is 3.77. The highest BCUT2D eigenvalue weighted by Gasteiger charge is 2.41. The van der Waals surface area contributed by atoms with Crippen molar-refractivity contribution in [3.63, 3.8) is 0 Å². The highest BCUT2D eigenvalue weighted by atomic mass is 16.6. The van der Waals surface area contributed by atoms with Crippen molar-refractivity contribution in [1.82, 2.24) is 4.98 Å². The SMILES string of the molecule is N#Cc1ccnc(NC2CCOC2C2CC2)c1[N+](=O)[O-]. The predicted molar refractivity (Wildman–Crippen MR) is 70.1 cm³/mol. The van der Waals surface area contributed by atoms with Crippen molar-refractivity contribution < 1.29 is 9.66 Å². The van der Waals surface area contributed by atoms with Gasteiger partial charge in [-0.3, -0.25) is 10.1 Å². The lowest BCUT2D eigenvalue weighted by Crippen LogP contribution is -2.31. The average Bonchev–Trinajstić information content (AvgIpc) is 3.18. The second kappa shape index (κ2) is 5.06. The van der Waals surface area contributed by atoms with Crippen molar-refractivity contribution in [3.8, 4) is 6.07 Å². The molecule has 1 aromatic rings. The molecule has 0 spiro atoms. The summed E-state index contributed by atoms with van der Waals surface area (Å²) in [5, 5.41) is 23.2. The van der Waals surface area contributed by atoms with Gasteiger partial charge in [-0.15, -0.1) is 0 Å². The largest absolute Gasteiger partial charge is 0.376 e. The highest BCUT2D eigenvalue weighted by Crippen LogP contribution is 2.40. The Morgan fingerprint density at radius 1 is 1.50 bits per heavy atom. The van der Waals surface area contributed by atoms with Gasteiger partial charge in [0.15, 0.2) is 0 Å². The summed E-state index contributed by atoms with van der Waals surface area (Å²) in [7, 11) is 0. The molecule has 1 aromatic heterocycles. The van der Waals surface area contributed by atoms with Gasteiger partial charge in [0.25, 0.3) is 0 Å². The zero-order valence-electron chi connectivity index (χ0n) is 10.8. The van der Waals surface area contributed by atoms with Crippen molar-refractivity contribution in [3.05, 3.63) is 27.9 Å². The topological polar surface area (TPSA) is 101 Å². The van der Waals surface area contributed by atoms with Crippen molar-refractivity contribution in [1.29, 1.82) is 5.26 Å². The van der Waals surface area contributed by atoms with Crippen molar-refractivity contribution >= 4 is 11.5 Å². The smallest absolute Gasteiger partial charge is 0.328 e. The zero-order valence-corrected chi connectivity index (χ0v) is 10.8. The Balaban J connectivity index is 1.87. The highest BCUT2D eigenvalue weighted by molar-refractivity contribution is 5.64. The number of rotatable bonds is 4. The Bertz CT molecular complexity index is 579. The van der Waals surface area contributed by atoms with E-state index in [1.807, 2.05) is 6.07 Å². The number of aromatic nitrogens is 1. The molecule has 1 aliphatic heterocycles. The predicted octanol–water partition coefficient (Wildman–Crippen LogP) is 1.84. The van der Waals surface area contributed by atoms with Crippen LogP contribution in [-0.2, 0) is 4.74 Å². The summed E-state index contributed by atoms with van der Waals surface area (Å²) in [4.78, 5) is 14.6. The zero-order chi connectivity index (χ0) is 14.1. The summed E-state index contributed by atoms with van der Waals surface area (Å²) in [6.07, 6.45) is 4.61. The molecule has 0 bridgehead atoms. The summed E-state index contributed by atoms with van der Waals surface area (Å²) >= 11 is 0. The molecule has 1 saturated carbocycles. The van der Waals surface area contributed by atoms with E-state index >= 15 is 0 Å².